The molecule has 18 heavy (non-hydrogen) atoms. The first-order chi connectivity index (χ1) is 8.79. The number of nitrogens with one attached hydrogen (secondary N) is 1. The topological polar surface area (TPSA) is 37.8 Å². The standard InChI is InChI=1S/C15H19N3/c1-3-17-15(14-8-9-16-11-18-14)10-13-6-4-12(2)5-7-13/h4-9,11,15,17H,3,10H2,1-2H3. The van der Waals surface area contributed by atoms with Crippen molar-refractivity contribution in [1.82, 2.24) is 15.3 Å². The predicted octanol–water partition coefficient (Wildman–Crippen LogP) is 2.68. The van der Waals surface area contributed by atoms with Crippen LogP contribution in [-0.4, -0.2) is 16.5 Å². The number of hydrogen-bond acceptors (Lipinski definition) is 3. The zero-order valence-electron chi connectivity index (χ0n) is 10.9. The van der Waals surface area contributed by atoms with Crippen LogP contribution in [0, 0.1) is 6.92 Å². The van der Waals surface area contributed by atoms with Crippen LogP contribution >= 0.6 is 0 Å². The number of aromatic nitrogens is 2. The molecule has 1 unspecified atom stereocenters. The van der Waals surface area contributed by atoms with Gasteiger partial charge in [0.05, 0.1) is 11.7 Å². The van der Waals surface area contributed by atoms with Crippen LogP contribution in [0.4, 0.5) is 0 Å². The summed E-state index contributed by atoms with van der Waals surface area (Å²) in [7, 11) is 0. The maximum absolute atomic E-state index is 4.34. The van der Waals surface area contributed by atoms with Crippen molar-refractivity contribution in [2.75, 3.05) is 6.54 Å². The van der Waals surface area contributed by atoms with Gasteiger partial charge in [-0.05, 0) is 31.5 Å². The van der Waals surface area contributed by atoms with Gasteiger partial charge in [0.25, 0.3) is 0 Å². The molecule has 1 atom stereocenters. The quantitative estimate of drug-likeness (QED) is 0.874. The van der Waals surface area contributed by atoms with Crippen molar-refractivity contribution >= 4 is 0 Å². The van der Waals surface area contributed by atoms with Crippen LogP contribution in [0.15, 0.2) is 42.9 Å². The summed E-state index contributed by atoms with van der Waals surface area (Å²) >= 11 is 0. The third kappa shape index (κ3) is 3.37. The van der Waals surface area contributed by atoms with E-state index in [4.69, 9.17) is 0 Å². The van der Waals surface area contributed by atoms with Gasteiger partial charge >= 0.3 is 0 Å². The van der Waals surface area contributed by atoms with Crippen molar-refractivity contribution in [3.05, 3.63) is 59.7 Å². The van der Waals surface area contributed by atoms with Crippen LogP contribution in [0.1, 0.15) is 29.8 Å². The SMILES string of the molecule is CCNC(Cc1ccc(C)cc1)c1ccncn1. The van der Waals surface area contributed by atoms with Gasteiger partial charge in [0.1, 0.15) is 6.33 Å². The molecular formula is C15H19N3. The lowest BCUT2D eigenvalue weighted by molar-refractivity contribution is 0.535. The Bertz CT molecular complexity index is 465. The Hall–Kier alpha value is -1.74. The summed E-state index contributed by atoms with van der Waals surface area (Å²) in [5.74, 6) is 0. The monoisotopic (exact) mass is 241 g/mol. The molecular weight excluding hydrogens is 222 g/mol. The highest BCUT2D eigenvalue weighted by Crippen LogP contribution is 2.16. The van der Waals surface area contributed by atoms with E-state index in [1.807, 2.05) is 6.07 Å². The zero-order valence-corrected chi connectivity index (χ0v) is 10.9. The molecule has 0 saturated heterocycles. The Morgan fingerprint density at radius 2 is 1.94 bits per heavy atom. The van der Waals surface area contributed by atoms with E-state index >= 15 is 0 Å². The Balaban J connectivity index is 2.14. The fourth-order valence-electron chi connectivity index (χ4n) is 1.99. The minimum Gasteiger partial charge on any atom is -0.309 e. The molecule has 2 aromatic rings. The summed E-state index contributed by atoms with van der Waals surface area (Å²) in [6.45, 7) is 5.15. The minimum absolute atomic E-state index is 0.251. The van der Waals surface area contributed by atoms with Crippen LogP contribution in [0.5, 0.6) is 0 Å². The van der Waals surface area contributed by atoms with E-state index in [2.05, 4.69) is 53.4 Å². The Kier molecular flexibility index (Phi) is 4.42. The maximum atomic E-state index is 4.34. The number of hydrogen-bond donors (Lipinski definition) is 1. The molecule has 1 aromatic heterocycles. The molecule has 1 heterocycles. The molecule has 2 rings (SSSR count). The lowest BCUT2D eigenvalue weighted by atomic mass is 10.0. The third-order valence-corrected chi connectivity index (χ3v) is 2.97. The van der Waals surface area contributed by atoms with Crippen LogP contribution in [-0.2, 0) is 6.42 Å². The molecule has 0 radical (unpaired) electrons. The van der Waals surface area contributed by atoms with E-state index in [9.17, 15) is 0 Å². The molecule has 0 aliphatic heterocycles. The van der Waals surface area contributed by atoms with Crippen LogP contribution in [0.2, 0.25) is 0 Å². The van der Waals surface area contributed by atoms with Crippen molar-refractivity contribution < 1.29 is 0 Å². The lowest BCUT2D eigenvalue weighted by Gasteiger charge is -2.17. The molecule has 0 aliphatic carbocycles. The van der Waals surface area contributed by atoms with E-state index in [1.165, 1.54) is 11.1 Å². The van der Waals surface area contributed by atoms with Gasteiger partial charge in [-0.1, -0.05) is 36.8 Å². The number of nitrogens with zero attached hydrogens (tertiary/aromatic N) is 2. The van der Waals surface area contributed by atoms with Crippen molar-refractivity contribution in [1.29, 1.82) is 0 Å². The average Bonchev–Trinajstić information content (AvgIpc) is 2.42. The zero-order chi connectivity index (χ0) is 12.8. The molecule has 0 bridgehead atoms. The first-order valence-corrected chi connectivity index (χ1v) is 6.34. The predicted molar refractivity (Wildman–Crippen MR) is 73.3 cm³/mol. The number of rotatable bonds is 5. The van der Waals surface area contributed by atoms with Gasteiger partial charge in [0.15, 0.2) is 0 Å². The van der Waals surface area contributed by atoms with E-state index in [-0.39, 0.29) is 6.04 Å². The third-order valence-electron chi connectivity index (χ3n) is 2.97. The van der Waals surface area contributed by atoms with Crippen molar-refractivity contribution in [3.63, 3.8) is 0 Å². The molecule has 0 saturated carbocycles. The number of likely N-dealkylation sites (N-methyl/N-ethyl adjacent to an activating group) is 1. The summed E-state index contributed by atoms with van der Waals surface area (Å²) in [6, 6.07) is 10.9. The molecule has 3 nitrogen and oxygen atoms in total. The lowest BCUT2D eigenvalue weighted by Crippen LogP contribution is -2.23. The second kappa shape index (κ2) is 6.26. The first-order valence-electron chi connectivity index (χ1n) is 6.34. The highest BCUT2D eigenvalue weighted by Gasteiger charge is 2.11. The highest BCUT2D eigenvalue weighted by molar-refractivity contribution is 5.23. The van der Waals surface area contributed by atoms with Gasteiger partial charge in [-0.25, -0.2) is 9.97 Å². The van der Waals surface area contributed by atoms with Crippen LogP contribution < -0.4 is 5.32 Å². The summed E-state index contributed by atoms with van der Waals surface area (Å²) < 4.78 is 0. The van der Waals surface area contributed by atoms with Crippen LogP contribution in [0.3, 0.4) is 0 Å². The van der Waals surface area contributed by atoms with Gasteiger partial charge in [-0.2, -0.15) is 0 Å². The summed E-state index contributed by atoms with van der Waals surface area (Å²) in [4.78, 5) is 8.31. The van der Waals surface area contributed by atoms with Gasteiger partial charge < -0.3 is 5.32 Å². The van der Waals surface area contributed by atoms with E-state index in [0.717, 1.165) is 18.7 Å². The largest absolute Gasteiger partial charge is 0.309 e. The Morgan fingerprint density at radius 3 is 2.56 bits per heavy atom. The second-order valence-electron chi connectivity index (χ2n) is 4.43. The van der Waals surface area contributed by atoms with Crippen LogP contribution in [0.25, 0.3) is 0 Å². The molecule has 0 spiro atoms. The van der Waals surface area contributed by atoms with E-state index in [1.54, 1.807) is 12.5 Å². The van der Waals surface area contributed by atoms with E-state index in [0.29, 0.717) is 0 Å². The van der Waals surface area contributed by atoms with Crippen molar-refractivity contribution in [2.24, 2.45) is 0 Å². The summed E-state index contributed by atoms with van der Waals surface area (Å²) in [6.07, 6.45) is 4.35. The average molecular weight is 241 g/mol. The van der Waals surface area contributed by atoms with E-state index < -0.39 is 0 Å². The molecule has 1 aromatic carbocycles. The van der Waals surface area contributed by atoms with Crippen molar-refractivity contribution in [3.8, 4) is 0 Å². The molecule has 94 valence electrons. The fraction of sp³-hybridized carbons (Fsp3) is 0.333. The van der Waals surface area contributed by atoms with Gasteiger partial charge in [-0.15, -0.1) is 0 Å². The summed E-state index contributed by atoms with van der Waals surface area (Å²) in [5.41, 5.74) is 3.67. The molecule has 1 N–H and O–H groups in total. The van der Waals surface area contributed by atoms with Gasteiger partial charge in [0.2, 0.25) is 0 Å². The molecule has 0 amide bonds. The number of aryl methyl sites for hydroxylation is 1. The van der Waals surface area contributed by atoms with Crippen molar-refractivity contribution in [2.45, 2.75) is 26.3 Å². The molecule has 0 aliphatic rings. The summed E-state index contributed by atoms with van der Waals surface area (Å²) in [5, 5.41) is 3.47. The minimum atomic E-state index is 0.251. The molecule has 0 fully saturated rings. The normalized spacial score (nSPS) is 12.3. The maximum Gasteiger partial charge on any atom is 0.115 e. The van der Waals surface area contributed by atoms with Gasteiger partial charge in [-0.3, -0.25) is 0 Å². The molecule has 3 heteroatoms. The first kappa shape index (κ1) is 12.7. The van der Waals surface area contributed by atoms with Gasteiger partial charge in [0, 0.05) is 6.20 Å². The Morgan fingerprint density at radius 1 is 1.17 bits per heavy atom. The number of benzene rings is 1. The highest BCUT2D eigenvalue weighted by atomic mass is 14.9. The second-order valence-corrected chi connectivity index (χ2v) is 4.43. The Labute approximate surface area is 108 Å². The fourth-order valence-corrected chi connectivity index (χ4v) is 1.99. The smallest absolute Gasteiger partial charge is 0.115 e.